The first-order chi connectivity index (χ1) is 15.5. The summed E-state index contributed by atoms with van der Waals surface area (Å²) in [6.45, 7) is 16.7. The number of carbonyl (C=O) groups is 3. The monoisotopic (exact) mass is 520 g/mol. The molecule has 2 fully saturated rings. The summed E-state index contributed by atoms with van der Waals surface area (Å²) in [4.78, 5) is 41.9. The summed E-state index contributed by atoms with van der Waals surface area (Å²) in [6.07, 6.45) is -1.93. The van der Waals surface area contributed by atoms with Crippen LogP contribution in [0.5, 0.6) is 0 Å². The van der Waals surface area contributed by atoms with Gasteiger partial charge in [-0.2, -0.15) is 8.42 Å². The van der Waals surface area contributed by atoms with Crippen LogP contribution in [0.1, 0.15) is 75.7 Å². The van der Waals surface area contributed by atoms with Crippen LogP contribution in [0, 0.1) is 5.92 Å². The van der Waals surface area contributed by atoms with E-state index >= 15 is 0 Å². The number of rotatable bonds is 4. The SMILES string of the molecule is CC(C)(C)OC(=O)N1C(=O)C(C(OS(C)(=O)=O)[C@H]2COC(C)(C)N2C(=O)OC(C)(C)C)CC1(C)C. The quantitative estimate of drug-likeness (QED) is 0.513. The predicted octanol–water partition coefficient (Wildman–Crippen LogP) is 3.27. The number of ether oxygens (including phenoxy) is 3. The molecule has 3 atom stereocenters. The average Bonchev–Trinajstić information content (AvgIpc) is 3.00. The maximum Gasteiger partial charge on any atom is 0.417 e. The maximum atomic E-state index is 13.6. The molecule has 0 aromatic carbocycles. The molecule has 3 amide bonds. The average molecular weight is 521 g/mol. The molecule has 0 spiro atoms. The number of carbonyl (C=O) groups excluding carboxylic acids is 3. The molecule has 0 aromatic rings. The van der Waals surface area contributed by atoms with Gasteiger partial charge in [-0.15, -0.1) is 0 Å². The molecular weight excluding hydrogens is 480 g/mol. The molecule has 12 heteroatoms. The second-order valence-corrected chi connectivity index (χ2v) is 13.8. The normalized spacial score (nSPS) is 25.5. The lowest BCUT2D eigenvalue weighted by atomic mass is 9.88. The van der Waals surface area contributed by atoms with E-state index in [9.17, 15) is 22.8 Å². The molecule has 2 rings (SSSR count). The Morgan fingerprint density at radius 2 is 1.49 bits per heavy atom. The molecule has 35 heavy (non-hydrogen) atoms. The first-order valence-electron chi connectivity index (χ1n) is 11.6. The molecule has 2 heterocycles. The fourth-order valence-electron chi connectivity index (χ4n) is 4.42. The van der Waals surface area contributed by atoms with Gasteiger partial charge in [0, 0.05) is 5.54 Å². The van der Waals surface area contributed by atoms with Gasteiger partial charge in [0.2, 0.25) is 5.91 Å². The Labute approximate surface area is 208 Å². The van der Waals surface area contributed by atoms with E-state index < -0.39 is 68.7 Å². The Kier molecular flexibility index (Phi) is 7.69. The van der Waals surface area contributed by atoms with Crippen LogP contribution in [0.25, 0.3) is 0 Å². The highest BCUT2D eigenvalue weighted by atomic mass is 32.2. The molecule has 2 saturated heterocycles. The van der Waals surface area contributed by atoms with Gasteiger partial charge in [-0.25, -0.2) is 14.5 Å². The summed E-state index contributed by atoms with van der Waals surface area (Å²) >= 11 is 0. The molecule has 0 radical (unpaired) electrons. The minimum absolute atomic E-state index is 0.0876. The zero-order chi connectivity index (χ0) is 27.4. The van der Waals surface area contributed by atoms with Crippen LogP contribution < -0.4 is 0 Å². The Morgan fingerprint density at radius 3 is 1.94 bits per heavy atom. The minimum Gasteiger partial charge on any atom is -0.444 e. The van der Waals surface area contributed by atoms with Gasteiger partial charge in [0.25, 0.3) is 10.1 Å². The summed E-state index contributed by atoms with van der Waals surface area (Å²) in [7, 11) is -4.07. The smallest absolute Gasteiger partial charge is 0.417 e. The number of hydrogen-bond donors (Lipinski definition) is 0. The van der Waals surface area contributed by atoms with E-state index in [-0.39, 0.29) is 13.0 Å². The van der Waals surface area contributed by atoms with Crippen molar-refractivity contribution in [1.29, 1.82) is 0 Å². The second-order valence-electron chi connectivity index (χ2n) is 12.2. The van der Waals surface area contributed by atoms with Crippen molar-refractivity contribution in [3.63, 3.8) is 0 Å². The number of nitrogens with zero attached hydrogens (tertiary/aromatic N) is 2. The summed E-state index contributed by atoms with van der Waals surface area (Å²) in [5, 5.41) is 0. The van der Waals surface area contributed by atoms with Gasteiger partial charge < -0.3 is 14.2 Å². The number of hydrogen-bond acceptors (Lipinski definition) is 9. The van der Waals surface area contributed by atoms with Crippen molar-refractivity contribution in [1.82, 2.24) is 9.80 Å². The molecule has 202 valence electrons. The minimum atomic E-state index is -4.07. The zero-order valence-electron chi connectivity index (χ0n) is 22.6. The predicted molar refractivity (Wildman–Crippen MR) is 127 cm³/mol. The van der Waals surface area contributed by atoms with Crippen molar-refractivity contribution in [3.05, 3.63) is 0 Å². The summed E-state index contributed by atoms with van der Waals surface area (Å²) in [5.41, 5.74) is -3.82. The van der Waals surface area contributed by atoms with Crippen LogP contribution in [0.2, 0.25) is 0 Å². The molecule has 11 nitrogen and oxygen atoms in total. The maximum absolute atomic E-state index is 13.6. The van der Waals surface area contributed by atoms with Crippen LogP contribution in [-0.4, -0.2) is 83.8 Å². The van der Waals surface area contributed by atoms with E-state index in [2.05, 4.69) is 0 Å². The van der Waals surface area contributed by atoms with E-state index in [4.69, 9.17) is 18.4 Å². The van der Waals surface area contributed by atoms with E-state index in [1.54, 1.807) is 69.2 Å². The van der Waals surface area contributed by atoms with Crippen LogP contribution in [-0.2, 0) is 33.3 Å². The van der Waals surface area contributed by atoms with Crippen molar-refractivity contribution >= 4 is 28.2 Å². The van der Waals surface area contributed by atoms with E-state index in [1.165, 1.54) is 4.90 Å². The summed E-state index contributed by atoms with van der Waals surface area (Å²) in [5.74, 6) is -1.72. The Bertz CT molecular complexity index is 960. The third-order valence-electron chi connectivity index (χ3n) is 5.61. The molecule has 0 aromatic heterocycles. The number of likely N-dealkylation sites (tertiary alicyclic amines) is 1. The molecule has 2 aliphatic heterocycles. The van der Waals surface area contributed by atoms with E-state index in [1.807, 2.05) is 0 Å². The largest absolute Gasteiger partial charge is 0.444 e. The lowest BCUT2D eigenvalue weighted by Gasteiger charge is -2.38. The highest BCUT2D eigenvalue weighted by Crippen LogP contribution is 2.42. The Morgan fingerprint density at radius 1 is 1.00 bits per heavy atom. The third kappa shape index (κ3) is 7.07. The molecule has 0 N–H and O–H groups in total. The standard InChI is InChI=1S/C23H40N2O9S/c1-20(2,3)32-18(27)24-15(13-31-23(24,9)10)16(34-35(11,29)30)14-12-22(7,8)25(17(14)26)19(28)33-21(4,5)6/h14-16H,12-13H2,1-11H3/t14?,15-,16?/m1/s1. The van der Waals surface area contributed by atoms with Crippen LogP contribution in [0.4, 0.5) is 9.59 Å². The van der Waals surface area contributed by atoms with Crippen molar-refractivity contribution in [3.8, 4) is 0 Å². The molecule has 0 aliphatic carbocycles. The first kappa shape index (κ1) is 29.3. The van der Waals surface area contributed by atoms with Gasteiger partial charge in [0.05, 0.1) is 24.8 Å². The van der Waals surface area contributed by atoms with Gasteiger partial charge in [0.15, 0.2) is 0 Å². The van der Waals surface area contributed by atoms with E-state index in [0.29, 0.717) is 0 Å². The highest BCUT2D eigenvalue weighted by Gasteiger charge is 2.58. The number of imide groups is 1. The van der Waals surface area contributed by atoms with Gasteiger partial charge in [-0.3, -0.25) is 13.9 Å². The van der Waals surface area contributed by atoms with Crippen LogP contribution >= 0.6 is 0 Å². The highest BCUT2D eigenvalue weighted by molar-refractivity contribution is 7.86. The summed E-state index contributed by atoms with van der Waals surface area (Å²) in [6, 6.07) is -0.974. The van der Waals surface area contributed by atoms with Crippen molar-refractivity contribution in [2.75, 3.05) is 12.9 Å². The fraction of sp³-hybridized carbons (Fsp3) is 0.870. The molecule has 2 aliphatic rings. The van der Waals surface area contributed by atoms with Crippen molar-refractivity contribution < 1.29 is 41.2 Å². The Balaban J connectivity index is 2.51. The van der Waals surface area contributed by atoms with Crippen molar-refractivity contribution in [2.45, 2.75) is 110 Å². The second kappa shape index (κ2) is 9.19. The van der Waals surface area contributed by atoms with Gasteiger partial charge >= 0.3 is 12.2 Å². The first-order valence-corrected chi connectivity index (χ1v) is 13.4. The number of amides is 3. The third-order valence-corrected chi connectivity index (χ3v) is 6.18. The molecular formula is C23H40N2O9S. The zero-order valence-corrected chi connectivity index (χ0v) is 23.4. The lowest BCUT2D eigenvalue weighted by Crippen LogP contribution is -2.56. The lowest BCUT2D eigenvalue weighted by molar-refractivity contribution is -0.135. The molecule has 2 unspecified atom stereocenters. The van der Waals surface area contributed by atoms with E-state index in [0.717, 1.165) is 11.2 Å². The van der Waals surface area contributed by atoms with Gasteiger partial charge in [-0.05, 0) is 75.7 Å². The Hall–Kier alpha value is -1.92. The van der Waals surface area contributed by atoms with Gasteiger partial charge in [0.1, 0.15) is 23.0 Å². The van der Waals surface area contributed by atoms with Crippen molar-refractivity contribution in [2.24, 2.45) is 5.92 Å². The topological polar surface area (TPSA) is 129 Å². The van der Waals surface area contributed by atoms with Gasteiger partial charge in [-0.1, -0.05) is 0 Å². The fourth-order valence-corrected chi connectivity index (χ4v) is 5.09. The van der Waals surface area contributed by atoms with Crippen LogP contribution in [0.15, 0.2) is 0 Å². The molecule has 0 bridgehead atoms. The molecule has 0 saturated carbocycles. The van der Waals surface area contributed by atoms with Crippen LogP contribution in [0.3, 0.4) is 0 Å². The summed E-state index contributed by atoms with van der Waals surface area (Å²) < 4.78 is 46.8.